The SMILES string of the molecule is O=C(CN1CCCCCCC1=O)c1cc(Cl)sc1Cl. The molecular formula is C13H15Cl2NO2S. The summed E-state index contributed by atoms with van der Waals surface area (Å²) in [6, 6.07) is 1.57. The molecule has 1 aromatic rings. The third-order valence-corrected chi connectivity index (χ3v) is 4.70. The van der Waals surface area contributed by atoms with Gasteiger partial charge in [0.15, 0.2) is 5.78 Å². The molecule has 3 nitrogen and oxygen atoms in total. The van der Waals surface area contributed by atoms with Gasteiger partial charge in [-0.15, -0.1) is 11.3 Å². The molecule has 0 radical (unpaired) electrons. The number of carbonyl (C=O) groups is 2. The first-order chi connectivity index (χ1) is 9.08. The number of hydrogen-bond donors (Lipinski definition) is 0. The average Bonchev–Trinajstić information content (AvgIpc) is 2.68. The van der Waals surface area contributed by atoms with Gasteiger partial charge < -0.3 is 4.90 Å². The number of rotatable bonds is 3. The molecular weight excluding hydrogens is 305 g/mol. The van der Waals surface area contributed by atoms with E-state index in [-0.39, 0.29) is 18.2 Å². The first kappa shape index (κ1) is 14.8. The Morgan fingerprint density at radius 3 is 2.68 bits per heavy atom. The molecule has 1 aliphatic heterocycles. The van der Waals surface area contributed by atoms with Crippen molar-refractivity contribution in [2.75, 3.05) is 13.1 Å². The van der Waals surface area contributed by atoms with Gasteiger partial charge in [-0.25, -0.2) is 0 Å². The molecule has 0 unspecified atom stereocenters. The maximum atomic E-state index is 12.2. The van der Waals surface area contributed by atoms with Crippen molar-refractivity contribution in [1.82, 2.24) is 4.90 Å². The van der Waals surface area contributed by atoms with Crippen LogP contribution >= 0.6 is 34.5 Å². The third-order valence-electron chi connectivity index (χ3n) is 3.21. The zero-order valence-electron chi connectivity index (χ0n) is 10.5. The van der Waals surface area contributed by atoms with Crippen LogP contribution in [0.1, 0.15) is 42.5 Å². The summed E-state index contributed by atoms with van der Waals surface area (Å²) in [5.74, 6) is -0.0763. The minimum atomic E-state index is -0.137. The highest BCUT2D eigenvalue weighted by molar-refractivity contribution is 7.20. The molecule has 104 valence electrons. The predicted molar refractivity (Wildman–Crippen MR) is 78.3 cm³/mol. The van der Waals surface area contributed by atoms with E-state index >= 15 is 0 Å². The number of Topliss-reactive ketones (excluding diaryl/α,β-unsaturated/α-hetero) is 1. The standard InChI is InChI=1S/C13H15Cl2NO2S/c14-11-7-9(13(15)19-11)10(17)8-16-6-4-2-1-3-5-12(16)18/h7H,1-6,8H2. The summed E-state index contributed by atoms with van der Waals surface area (Å²) in [4.78, 5) is 25.7. The molecule has 1 aromatic heterocycles. The summed E-state index contributed by atoms with van der Waals surface area (Å²) < 4.78 is 0.891. The van der Waals surface area contributed by atoms with Crippen LogP contribution in [0.3, 0.4) is 0 Å². The van der Waals surface area contributed by atoms with E-state index in [0.29, 0.717) is 27.2 Å². The Morgan fingerprint density at radius 1 is 1.26 bits per heavy atom. The van der Waals surface area contributed by atoms with E-state index < -0.39 is 0 Å². The van der Waals surface area contributed by atoms with Crippen LogP contribution < -0.4 is 0 Å². The molecule has 0 aromatic carbocycles. The van der Waals surface area contributed by atoms with Crippen LogP contribution in [0.4, 0.5) is 0 Å². The number of ketones is 1. The molecule has 0 spiro atoms. The molecule has 6 heteroatoms. The Labute approximate surface area is 126 Å². The Bertz CT molecular complexity index is 487. The van der Waals surface area contributed by atoms with Gasteiger partial charge >= 0.3 is 0 Å². The topological polar surface area (TPSA) is 37.4 Å². The molecule has 2 heterocycles. The van der Waals surface area contributed by atoms with Crippen LogP contribution in [0.2, 0.25) is 8.67 Å². The molecule has 1 aliphatic rings. The van der Waals surface area contributed by atoms with E-state index in [1.165, 1.54) is 11.3 Å². The zero-order valence-corrected chi connectivity index (χ0v) is 12.8. The van der Waals surface area contributed by atoms with E-state index in [4.69, 9.17) is 23.2 Å². The van der Waals surface area contributed by atoms with Crippen molar-refractivity contribution < 1.29 is 9.59 Å². The fraction of sp³-hybridized carbons (Fsp3) is 0.538. The van der Waals surface area contributed by atoms with Crippen molar-refractivity contribution in [3.63, 3.8) is 0 Å². The van der Waals surface area contributed by atoms with Crippen molar-refractivity contribution in [2.24, 2.45) is 0 Å². The average molecular weight is 320 g/mol. The van der Waals surface area contributed by atoms with Crippen molar-refractivity contribution in [3.8, 4) is 0 Å². The number of carbonyl (C=O) groups excluding carboxylic acids is 2. The summed E-state index contributed by atoms with van der Waals surface area (Å²) >= 11 is 13.0. The van der Waals surface area contributed by atoms with Crippen LogP contribution in [0.5, 0.6) is 0 Å². The molecule has 0 aliphatic carbocycles. The quantitative estimate of drug-likeness (QED) is 0.789. The summed E-state index contributed by atoms with van der Waals surface area (Å²) in [6.45, 7) is 0.756. The monoisotopic (exact) mass is 319 g/mol. The van der Waals surface area contributed by atoms with Crippen LogP contribution in [-0.4, -0.2) is 29.7 Å². The first-order valence-electron chi connectivity index (χ1n) is 6.33. The van der Waals surface area contributed by atoms with Gasteiger partial charge in [-0.1, -0.05) is 36.0 Å². The Hall–Kier alpha value is -0.580. The molecule has 1 amide bonds. The van der Waals surface area contributed by atoms with Crippen molar-refractivity contribution in [3.05, 3.63) is 20.3 Å². The van der Waals surface area contributed by atoms with E-state index in [1.807, 2.05) is 0 Å². The fourth-order valence-corrected chi connectivity index (χ4v) is 3.67. The van der Waals surface area contributed by atoms with Gasteiger partial charge in [-0.2, -0.15) is 0 Å². The number of halogens is 2. The highest BCUT2D eigenvalue weighted by Crippen LogP contribution is 2.31. The molecule has 0 N–H and O–H groups in total. The maximum absolute atomic E-state index is 12.2. The second-order valence-corrected chi connectivity index (χ2v) is 6.93. The lowest BCUT2D eigenvalue weighted by molar-refractivity contribution is -0.131. The van der Waals surface area contributed by atoms with Crippen LogP contribution in [0, 0.1) is 0 Å². The maximum Gasteiger partial charge on any atom is 0.222 e. The lowest BCUT2D eigenvalue weighted by Crippen LogP contribution is -2.37. The predicted octanol–water partition coefficient (Wildman–Crippen LogP) is 4.03. The minimum absolute atomic E-state index is 0.0606. The Morgan fingerprint density at radius 2 is 2.00 bits per heavy atom. The van der Waals surface area contributed by atoms with Gasteiger partial charge in [0.25, 0.3) is 0 Å². The molecule has 0 bridgehead atoms. The largest absolute Gasteiger partial charge is 0.335 e. The summed E-state index contributed by atoms with van der Waals surface area (Å²) in [5, 5.41) is 0. The summed E-state index contributed by atoms with van der Waals surface area (Å²) in [5.41, 5.74) is 0.423. The summed E-state index contributed by atoms with van der Waals surface area (Å²) in [6.07, 6.45) is 4.61. The number of amides is 1. The van der Waals surface area contributed by atoms with Gasteiger partial charge in [0.1, 0.15) is 4.34 Å². The molecule has 19 heavy (non-hydrogen) atoms. The zero-order chi connectivity index (χ0) is 13.8. The van der Waals surface area contributed by atoms with Gasteiger partial charge in [-0.3, -0.25) is 9.59 Å². The van der Waals surface area contributed by atoms with E-state index in [2.05, 4.69) is 0 Å². The van der Waals surface area contributed by atoms with Crippen LogP contribution in [0.15, 0.2) is 6.07 Å². The highest BCUT2D eigenvalue weighted by atomic mass is 35.5. The van der Waals surface area contributed by atoms with Gasteiger partial charge in [0.2, 0.25) is 5.91 Å². The normalized spacial score (nSPS) is 17.2. The van der Waals surface area contributed by atoms with E-state index in [0.717, 1.165) is 25.7 Å². The van der Waals surface area contributed by atoms with Crippen LogP contribution in [-0.2, 0) is 4.79 Å². The first-order valence-corrected chi connectivity index (χ1v) is 7.91. The Kier molecular flexibility index (Phi) is 5.25. The van der Waals surface area contributed by atoms with Crippen molar-refractivity contribution in [1.29, 1.82) is 0 Å². The lowest BCUT2D eigenvalue weighted by atomic mass is 10.1. The van der Waals surface area contributed by atoms with E-state index in [9.17, 15) is 9.59 Å². The molecule has 1 saturated heterocycles. The smallest absolute Gasteiger partial charge is 0.222 e. The number of nitrogens with zero attached hydrogens (tertiary/aromatic N) is 1. The van der Waals surface area contributed by atoms with Crippen molar-refractivity contribution >= 4 is 46.2 Å². The lowest BCUT2D eigenvalue weighted by Gasteiger charge is -2.24. The van der Waals surface area contributed by atoms with Crippen molar-refractivity contribution in [2.45, 2.75) is 32.1 Å². The second kappa shape index (κ2) is 6.73. The van der Waals surface area contributed by atoms with E-state index in [1.54, 1.807) is 11.0 Å². The number of thiophene rings is 1. The number of hydrogen-bond acceptors (Lipinski definition) is 3. The molecule has 1 fully saturated rings. The summed E-state index contributed by atoms with van der Waals surface area (Å²) in [7, 11) is 0. The Balaban J connectivity index is 2.04. The number of likely N-dealkylation sites (tertiary alicyclic amines) is 1. The van der Waals surface area contributed by atoms with Gasteiger partial charge in [0.05, 0.1) is 16.4 Å². The van der Waals surface area contributed by atoms with Crippen LogP contribution in [0.25, 0.3) is 0 Å². The fourth-order valence-electron chi connectivity index (χ4n) is 2.17. The third kappa shape index (κ3) is 3.94. The molecule has 0 saturated carbocycles. The van der Waals surface area contributed by atoms with Gasteiger partial charge in [0, 0.05) is 13.0 Å². The molecule has 2 rings (SSSR count). The molecule has 0 atom stereocenters. The highest BCUT2D eigenvalue weighted by Gasteiger charge is 2.21. The van der Waals surface area contributed by atoms with Gasteiger partial charge in [-0.05, 0) is 18.9 Å². The minimum Gasteiger partial charge on any atom is -0.335 e. The second-order valence-electron chi connectivity index (χ2n) is 4.64.